The van der Waals surface area contributed by atoms with Crippen LogP contribution in [0, 0.1) is 6.92 Å². The molecule has 0 saturated carbocycles. The van der Waals surface area contributed by atoms with Crippen molar-refractivity contribution < 1.29 is 13.5 Å². The average molecular weight is 340 g/mol. The van der Waals surface area contributed by atoms with Gasteiger partial charge in [-0.2, -0.15) is 13.9 Å². The Morgan fingerprint density at radius 1 is 1.43 bits per heavy atom. The molecule has 0 fully saturated rings. The Labute approximate surface area is 138 Å². The summed E-state index contributed by atoms with van der Waals surface area (Å²) in [4.78, 5) is 1.79. The van der Waals surface area contributed by atoms with E-state index in [1.807, 2.05) is 20.2 Å². The van der Waals surface area contributed by atoms with E-state index in [-0.39, 0.29) is 5.75 Å². The SMILES string of the molecule is Cc1ccc(NC(=S)N(C)Cc2ccnn2C)c(OC(F)F)c1. The Hall–Kier alpha value is -2.22. The lowest BCUT2D eigenvalue weighted by Crippen LogP contribution is -2.31. The zero-order chi connectivity index (χ0) is 17.0. The first kappa shape index (κ1) is 17.1. The molecule has 8 heteroatoms. The van der Waals surface area contributed by atoms with Gasteiger partial charge in [0.15, 0.2) is 5.11 Å². The maximum absolute atomic E-state index is 12.5. The number of thiocarbonyl (C=S) groups is 1. The van der Waals surface area contributed by atoms with E-state index in [1.54, 1.807) is 34.8 Å². The number of aromatic nitrogens is 2. The highest BCUT2D eigenvalue weighted by molar-refractivity contribution is 7.80. The third-order valence-corrected chi connectivity index (χ3v) is 3.68. The number of nitrogens with zero attached hydrogens (tertiary/aromatic N) is 3. The summed E-state index contributed by atoms with van der Waals surface area (Å²) < 4.78 is 31.3. The van der Waals surface area contributed by atoms with E-state index in [4.69, 9.17) is 12.2 Å². The molecule has 2 rings (SSSR count). The van der Waals surface area contributed by atoms with Crippen LogP contribution in [0.25, 0.3) is 0 Å². The smallest absolute Gasteiger partial charge is 0.387 e. The zero-order valence-electron chi connectivity index (χ0n) is 13.1. The molecule has 0 amide bonds. The number of hydrogen-bond acceptors (Lipinski definition) is 3. The predicted octanol–water partition coefficient (Wildman–Crippen LogP) is 3.16. The summed E-state index contributed by atoms with van der Waals surface area (Å²) in [6, 6.07) is 6.89. The summed E-state index contributed by atoms with van der Waals surface area (Å²) in [5, 5.41) is 7.43. The van der Waals surface area contributed by atoms with Crippen LogP contribution < -0.4 is 10.1 Å². The Morgan fingerprint density at radius 3 is 2.78 bits per heavy atom. The Balaban J connectivity index is 2.08. The summed E-state index contributed by atoms with van der Waals surface area (Å²) in [6.45, 7) is -0.549. The summed E-state index contributed by atoms with van der Waals surface area (Å²) >= 11 is 5.32. The van der Waals surface area contributed by atoms with Gasteiger partial charge in [-0.3, -0.25) is 4.68 Å². The molecule has 0 radical (unpaired) electrons. The number of nitrogens with one attached hydrogen (secondary N) is 1. The van der Waals surface area contributed by atoms with Gasteiger partial charge >= 0.3 is 6.61 Å². The first-order valence-corrected chi connectivity index (χ1v) is 7.32. The van der Waals surface area contributed by atoms with Gasteiger partial charge in [0.05, 0.1) is 17.9 Å². The van der Waals surface area contributed by atoms with Gasteiger partial charge in [-0.1, -0.05) is 6.07 Å². The number of alkyl halides is 2. The van der Waals surface area contributed by atoms with Crippen LogP contribution in [-0.4, -0.2) is 33.5 Å². The van der Waals surface area contributed by atoms with E-state index in [0.717, 1.165) is 11.3 Å². The van der Waals surface area contributed by atoms with Gasteiger partial charge in [0.1, 0.15) is 5.75 Å². The van der Waals surface area contributed by atoms with E-state index < -0.39 is 6.61 Å². The first-order chi connectivity index (χ1) is 10.9. The van der Waals surface area contributed by atoms with E-state index in [2.05, 4.69) is 15.2 Å². The third-order valence-electron chi connectivity index (χ3n) is 3.26. The lowest BCUT2D eigenvalue weighted by atomic mass is 10.2. The van der Waals surface area contributed by atoms with Crippen LogP contribution in [0.4, 0.5) is 14.5 Å². The third kappa shape index (κ3) is 4.62. The van der Waals surface area contributed by atoms with Crippen molar-refractivity contribution >= 4 is 23.0 Å². The second kappa shape index (κ2) is 7.36. The molecule has 2 aromatic rings. The minimum Gasteiger partial charge on any atom is -0.433 e. The average Bonchev–Trinajstić information content (AvgIpc) is 2.86. The van der Waals surface area contributed by atoms with Crippen LogP contribution in [0.1, 0.15) is 11.3 Å². The molecule has 1 aromatic heterocycles. The maximum atomic E-state index is 12.5. The molecule has 0 aliphatic heterocycles. The molecule has 0 aliphatic rings. The Bertz CT molecular complexity index is 690. The van der Waals surface area contributed by atoms with Gasteiger partial charge in [0, 0.05) is 20.3 Å². The molecule has 23 heavy (non-hydrogen) atoms. The summed E-state index contributed by atoms with van der Waals surface area (Å²) in [5.74, 6) is 0.0660. The topological polar surface area (TPSA) is 42.3 Å². The van der Waals surface area contributed by atoms with Crippen molar-refractivity contribution in [2.75, 3.05) is 12.4 Å². The van der Waals surface area contributed by atoms with Gasteiger partial charge < -0.3 is 15.0 Å². The second-order valence-corrected chi connectivity index (χ2v) is 5.50. The van der Waals surface area contributed by atoms with Gasteiger partial charge in [-0.25, -0.2) is 0 Å². The van der Waals surface area contributed by atoms with Crippen LogP contribution in [-0.2, 0) is 13.6 Å². The maximum Gasteiger partial charge on any atom is 0.387 e. The van der Waals surface area contributed by atoms with Gasteiger partial charge in [0.25, 0.3) is 0 Å². The van der Waals surface area contributed by atoms with Crippen LogP contribution in [0.3, 0.4) is 0 Å². The monoisotopic (exact) mass is 340 g/mol. The molecule has 124 valence electrons. The summed E-state index contributed by atoms with van der Waals surface area (Å²) in [7, 11) is 3.65. The number of benzene rings is 1. The summed E-state index contributed by atoms with van der Waals surface area (Å²) in [5.41, 5.74) is 2.20. The van der Waals surface area contributed by atoms with Crippen LogP contribution >= 0.6 is 12.2 Å². The molecule has 1 N–H and O–H groups in total. The van der Waals surface area contributed by atoms with Crippen LogP contribution in [0.2, 0.25) is 0 Å². The highest BCUT2D eigenvalue weighted by Crippen LogP contribution is 2.27. The molecule has 0 aliphatic carbocycles. The van der Waals surface area contributed by atoms with Crippen molar-refractivity contribution in [1.29, 1.82) is 0 Å². The zero-order valence-corrected chi connectivity index (χ0v) is 13.9. The quantitative estimate of drug-likeness (QED) is 0.847. The standard InChI is InChI=1S/C15H18F2N4OS/c1-10-4-5-12(13(8-10)22-14(16)17)19-15(23)20(2)9-11-6-7-18-21(11)3/h4-8,14H,9H2,1-3H3,(H,19,23). The highest BCUT2D eigenvalue weighted by Gasteiger charge is 2.13. The number of aryl methyl sites for hydroxylation is 2. The van der Waals surface area contributed by atoms with E-state index >= 15 is 0 Å². The van der Waals surface area contributed by atoms with Crippen molar-refractivity contribution in [2.24, 2.45) is 7.05 Å². The molecular formula is C15H18F2N4OS. The largest absolute Gasteiger partial charge is 0.433 e. The van der Waals surface area contributed by atoms with E-state index in [1.165, 1.54) is 6.07 Å². The Morgan fingerprint density at radius 2 is 2.17 bits per heavy atom. The van der Waals surface area contributed by atoms with Crippen molar-refractivity contribution in [2.45, 2.75) is 20.1 Å². The van der Waals surface area contributed by atoms with Crippen molar-refractivity contribution in [3.05, 3.63) is 41.7 Å². The lowest BCUT2D eigenvalue weighted by molar-refractivity contribution is -0.0493. The molecule has 1 aromatic carbocycles. The fourth-order valence-corrected chi connectivity index (χ4v) is 2.18. The molecule has 1 heterocycles. The molecule has 0 spiro atoms. The fourth-order valence-electron chi connectivity index (χ4n) is 2.01. The number of hydrogen-bond donors (Lipinski definition) is 1. The lowest BCUT2D eigenvalue weighted by Gasteiger charge is -2.22. The van der Waals surface area contributed by atoms with E-state index in [0.29, 0.717) is 17.3 Å². The van der Waals surface area contributed by atoms with Crippen LogP contribution in [0.5, 0.6) is 5.75 Å². The molecule has 0 bridgehead atoms. The number of anilines is 1. The van der Waals surface area contributed by atoms with Gasteiger partial charge in [0.2, 0.25) is 0 Å². The minimum absolute atomic E-state index is 0.0660. The number of halogens is 2. The predicted molar refractivity (Wildman–Crippen MR) is 88.7 cm³/mol. The molecule has 5 nitrogen and oxygen atoms in total. The number of ether oxygens (including phenoxy) is 1. The normalized spacial score (nSPS) is 10.7. The summed E-state index contributed by atoms with van der Waals surface area (Å²) in [6.07, 6.45) is 1.70. The second-order valence-electron chi connectivity index (χ2n) is 5.11. The molecule has 0 atom stereocenters. The van der Waals surface area contributed by atoms with Crippen LogP contribution in [0.15, 0.2) is 30.5 Å². The number of rotatable bonds is 5. The first-order valence-electron chi connectivity index (χ1n) is 6.91. The van der Waals surface area contributed by atoms with Gasteiger partial charge in [-0.15, -0.1) is 0 Å². The van der Waals surface area contributed by atoms with E-state index in [9.17, 15) is 8.78 Å². The molecular weight excluding hydrogens is 322 g/mol. The van der Waals surface area contributed by atoms with Crippen molar-refractivity contribution in [3.8, 4) is 5.75 Å². The van der Waals surface area contributed by atoms with Crippen molar-refractivity contribution in [1.82, 2.24) is 14.7 Å². The highest BCUT2D eigenvalue weighted by atomic mass is 32.1. The van der Waals surface area contributed by atoms with Gasteiger partial charge in [-0.05, 0) is 42.9 Å². The Kier molecular flexibility index (Phi) is 5.49. The minimum atomic E-state index is -2.89. The molecule has 0 unspecified atom stereocenters. The van der Waals surface area contributed by atoms with Crippen molar-refractivity contribution in [3.63, 3.8) is 0 Å². The fraction of sp³-hybridized carbons (Fsp3) is 0.333. The molecule has 0 saturated heterocycles.